The number of amides is 1. The van der Waals surface area contributed by atoms with Crippen molar-refractivity contribution < 1.29 is 18.4 Å². The van der Waals surface area contributed by atoms with Crippen LogP contribution in [-0.4, -0.2) is 11.7 Å². The molecule has 0 atom stereocenters. The van der Waals surface area contributed by atoms with Crippen molar-refractivity contribution >= 4 is 11.7 Å². The predicted molar refractivity (Wildman–Crippen MR) is 82.9 cm³/mol. The first-order chi connectivity index (χ1) is 11.0. The summed E-state index contributed by atoms with van der Waals surface area (Å²) in [7, 11) is 0. The van der Waals surface area contributed by atoms with E-state index in [0.29, 0.717) is 6.54 Å². The van der Waals surface area contributed by atoms with Gasteiger partial charge in [0.2, 0.25) is 5.91 Å². The number of benzene rings is 2. The fraction of sp³-hybridized carbons (Fsp3) is 0.111. The predicted octanol–water partition coefficient (Wildman–Crippen LogP) is 3.33. The van der Waals surface area contributed by atoms with Crippen LogP contribution in [-0.2, 0) is 11.3 Å². The molecule has 0 spiro atoms. The molecule has 0 bridgehead atoms. The van der Waals surface area contributed by atoms with Crippen molar-refractivity contribution in [3.63, 3.8) is 0 Å². The van der Waals surface area contributed by atoms with E-state index in [9.17, 15) is 18.4 Å². The molecule has 0 aliphatic carbocycles. The summed E-state index contributed by atoms with van der Waals surface area (Å²) in [5, 5.41) is 2.63. The van der Waals surface area contributed by atoms with Crippen LogP contribution in [0.5, 0.6) is 0 Å². The first-order valence-corrected chi connectivity index (χ1v) is 6.96. The zero-order valence-electron chi connectivity index (χ0n) is 12.5. The van der Waals surface area contributed by atoms with Gasteiger partial charge >= 0.3 is 0 Å². The fourth-order valence-electron chi connectivity index (χ4n) is 1.85. The number of rotatable bonds is 5. The summed E-state index contributed by atoms with van der Waals surface area (Å²) in [6.07, 6.45) is 2.09. The molecule has 0 aliphatic heterocycles. The van der Waals surface area contributed by atoms with E-state index in [-0.39, 0.29) is 5.56 Å². The topological polar surface area (TPSA) is 46.2 Å². The number of halogens is 2. The van der Waals surface area contributed by atoms with Crippen LogP contribution < -0.4 is 5.32 Å². The largest absolute Gasteiger partial charge is 0.348 e. The first kappa shape index (κ1) is 16.5. The molecule has 3 nitrogen and oxygen atoms in total. The van der Waals surface area contributed by atoms with Crippen LogP contribution in [0.15, 0.2) is 54.6 Å². The molecule has 2 aromatic carbocycles. The number of allylic oxidation sites excluding steroid dienone is 1. The zero-order valence-corrected chi connectivity index (χ0v) is 12.5. The average molecular weight is 315 g/mol. The van der Waals surface area contributed by atoms with E-state index in [1.807, 2.05) is 31.2 Å². The number of nitrogens with one attached hydrogen (secondary N) is 1. The molecule has 1 N–H and O–H groups in total. The van der Waals surface area contributed by atoms with E-state index in [0.717, 1.165) is 41.5 Å². The van der Waals surface area contributed by atoms with E-state index in [4.69, 9.17) is 0 Å². The Hall–Kier alpha value is -2.82. The molecule has 0 unspecified atom stereocenters. The van der Waals surface area contributed by atoms with Gasteiger partial charge in [-0.2, -0.15) is 0 Å². The highest BCUT2D eigenvalue weighted by Gasteiger charge is 2.07. The summed E-state index contributed by atoms with van der Waals surface area (Å²) in [6, 6.07) is 10.5. The third-order valence-electron chi connectivity index (χ3n) is 3.18. The lowest BCUT2D eigenvalue weighted by atomic mass is 10.1. The second kappa shape index (κ2) is 7.45. The maximum Gasteiger partial charge on any atom is 0.244 e. The molecule has 0 radical (unpaired) electrons. The van der Waals surface area contributed by atoms with E-state index in [1.165, 1.54) is 0 Å². The minimum absolute atomic E-state index is 0.0218. The van der Waals surface area contributed by atoms with Crippen molar-refractivity contribution in [3.8, 4) is 0 Å². The van der Waals surface area contributed by atoms with Gasteiger partial charge in [-0.1, -0.05) is 29.8 Å². The lowest BCUT2D eigenvalue weighted by molar-refractivity contribution is -0.116. The van der Waals surface area contributed by atoms with Crippen molar-refractivity contribution in [1.29, 1.82) is 0 Å². The molecule has 1 amide bonds. The number of carbonyl (C=O) groups excluding carboxylic acids is 2. The van der Waals surface area contributed by atoms with Crippen molar-refractivity contribution in [2.75, 3.05) is 0 Å². The summed E-state index contributed by atoms with van der Waals surface area (Å²) < 4.78 is 25.8. The third-order valence-corrected chi connectivity index (χ3v) is 3.18. The van der Waals surface area contributed by atoms with Crippen LogP contribution in [0.25, 0.3) is 0 Å². The molecule has 2 rings (SSSR count). The zero-order chi connectivity index (χ0) is 16.8. The van der Waals surface area contributed by atoms with Gasteiger partial charge in [0, 0.05) is 18.2 Å². The molecule has 5 heteroatoms. The Morgan fingerprint density at radius 2 is 1.70 bits per heavy atom. The Morgan fingerprint density at radius 3 is 2.35 bits per heavy atom. The molecular weight excluding hydrogens is 300 g/mol. The Labute approximate surface area is 132 Å². The van der Waals surface area contributed by atoms with Crippen LogP contribution in [0.1, 0.15) is 21.5 Å². The van der Waals surface area contributed by atoms with Crippen LogP contribution in [0.2, 0.25) is 0 Å². The second-order valence-electron chi connectivity index (χ2n) is 5.03. The summed E-state index contributed by atoms with van der Waals surface area (Å²) in [5.74, 6) is -3.15. The van der Waals surface area contributed by atoms with Crippen LogP contribution >= 0.6 is 0 Å². The van der Waals surface area contributed by atoms with E-state index in [1.54, 1.807) is 0 Å². The molecule has 118 valence electrons. The van der Waals surface area contributed by atoms with Gasteiger partial charge in [-0.15, -0.1) is 0 Å². The maximum absolute atomic E-state index is 13.0. The third kappa shape index (κ3) is 4.85. The minimum Gasteiger partial charge on any atom is -0.348 e. The van der Waals surface area contributed by atoms with Crippen molar-refractivity contribution in [3.05, 3.63) is 82.9 Å². The smallest absolute Gasteiger partial charge is 0.244 e. The van der Waals surface area contributed by atoms with Gasteiger partial charge in [0.05, 0.1) is 0 Å². The Bertz CT molecular complexity index is 752. The van der Waals surface area contributed by atoms with Gasteiger partial charge in [-0.05, 0) is 36.8 Å². The lowest BCUT2D eigenvalue weighted by Crippen LogP contribution is -2.20. The van der Waals surface area contributed by atoms with Crippen LogP contribution in [0.3, 0.4) is 0 Å². The van der Waals surface area contributed by atoms with Gasteiger partial charge in [0.1, 0.15) is 0 Å². The van der Waals surface area contributed by atoms with Crippen molar-refractivity contribution in [2.45, 2.75) is 13.5 Å². The first-order valence-electron chi connectivity index (χ1n) is 6.96. The molecule has 0 saturated heterocycles. The number of aryl methyl sites for hydroxylation is 1. The van der Waals surface area contributed by atoms with Gasteiger partial charge < -0.3 is 5.32 Å². The number of carbonyl (C=O) groups is 2. The maximum atomic E-state index is 13.0. The average Bonchev–Trinajstić information content (AvgIpc) is 2.54. The van der Waals surface area contributed by atoms with Crippen molar-refractivity contribution in [2.24, 2.45) is 0 Å². The monoisotopic (exact) mass is 315 g/mol. The number of ketones is 1. The highest BCUT2D eigenvalue weighted by Crippen LogP contribution is 2.09. The van der Waals surface area contributed by atoms with E-state index in [2.05, 4.69) is 5.32 Å². The molecule has 0 aliphatic rings. The summed E-state index contributed by atoms with van der Waals surface area (Å²) in [4.78, 5) is 23.4. The molecule has 0 fully saturated rings. The normalized spacial score (nSPS) is 10.7. The number of hydrogen-bond donors (Lipinski definition) is 1. The van der Waals surface area contributed by atoms with Crippen LogP contribution in [0, 0.1) is 18.6 Å². The number of hydrogen-bond acceptors (Lipinski definition) is 2. The molecule has 23 heavy (non-hydrogen) atoms. The quantitative estimate of drug-likeness (QED) is 0.679. The minimum atomic E-state index is -1.10. The Kier molecular flexibility index (Phi) is 5.36. The fourth-order valence-corrected chi connectivity index (χ4v) is 1.85. The Balaban J connectivity index is 1.91. The van der Waals surface area contributed by atoms with Gasteiger partial charge in [-0.25, -0.2) is 8.78 Å². The molecule has 0 saturated carbocycles. The highest BCUT2D eigenvalue weighted by atomic mass is 19.2. The second-order valence-corrected chi connectivity index (χ2v) is 5.03. The van der Waals surface area contributed by atoms with E-state index < -0.39 is 23.3 Å². The van der Waals surface area contributed by atoms with Gasteiger partial charge in [-0.3, -0.25) is 9.59 Å². The van der Waals surface area contributed by atoms with E-state index >= 15 is 0 Å². The summed E-state index contributed by atoms with van der Waals surface area (Å²) >= 11 is 0. The SMILES string of the molecule is Cc1ccc(CNC(=O)/C=C/C(=O)c2ccc(F)c(F)c2)cc1. The molecular formula is C18H15F2NO2. The lowest BCUT2D eigenvalue weighted by Gasteiger charge is -2.03. The van der Waals surface area contributed by atoms with Gasteiger partial charge in [0.15, 0.2) is 17.4 Å². The highest BCUT2D eigenvalue weighted by molar-refractivity contribution is 6.07. The summed E-state index contributed by atoms with van der Waals surface area (Å²) in [5.41, 5.74) is 2.04. The standard InChI is InChI=1S/C18H15F2NO2/c1-12-2-4-13(5-3-12)11-21-18(23)9-8-17(22)14-6-7-15(19)16(20)10-14/h2-10H,11H2,1H3,(H,21,23)/b9-8+. The van der Waals surface area contributed by atoms with Gasteiger partial charge in [0.25, 0.3) is 0 Å². The Morgan fingerprint density at radius 1 is 1.00 bits per heavy atom. The molecule has 2 aromatic rings. The summed E-state index contributed by atoms with van der Waals surface area (Å²) in [6.45, 7) is 2.30. The van der Waals surface area contributed by atoms with Crippen LogP contribution in [0.4, 0.5) is 8.78 Å². The molecule has 0 heterocycles. The van der Waals surface area contributed by atoms with Crippen molar-refractivity contribution in [1.82, 2.24) is 5.32 Å². The molecule has 0 aromatic heterocycles.